The molecule has 0 aliphatic carbocycles. The van der Waals surface area contributed by atoms with E-state index in [2.05, 4.69) is 24.2 Å². The first-order chi connectivity index (χ1) is 5.75. The van der Waals surface area contributed by atoms with Gasteiger partial charge in [-0.2, -0.15) is 0 Å². The summed E-state index contributed by atoms with van der Waals surface area (Å²) >= 11 is 0. The molecule has 1 heterocycles. The molecule has 0 N–H and O–H groups in total. The molecule has 0 aliphatic heterocycles. The Labute approximate surface area is 73.3 Å². The lowest BCUT2D eigenvalue weighted by Crippen LogP contribution is -1.76. The second-order valence-electron chi connectivity index (χ2n) is 2.93. The predicted octanol–water partition coefficient (Wildman–Crippen LogP) is 3.10. The van der Waals surface area contributed by atoms with Gasteiger partial charge in [0.15, 0.2) is 0 Å². The first kappa shape index (κ1) is 9.04. The van der Waals surface area contributed by atoms with E-state index in [0.717, 1.165) is 23.4 Å². The van der Waals surface area contributed by atoms with Crippen molar-refractivity contribution in [3.8, 4) is 0 Å². The van der Waals surface area contributed by atoms with Crippen LogP contribution in [0.3, 0.4) is 0 Å². The van der Waals surface area contributed by atoms with Gasteiger partial charge in [-0.1, -0.05) is 30.7 Å². The van der Waals surface area contributed by atoms with Crippen LogP contribution in [0.4, 0.5) is 0 Å². The fourth-order valence-electron chi connectivity index (χ4n) is 1.10. The smallest absolute Gasteiger partial charge is 0.141 e. The van der Waals surface area contributed by atoms with Crippen LogP contribution in [0.5, 0.6) is 0 Å². The summed E-state index contributed by atoms with van der Waals surface area (Å²) in [6, 6.07) is 0. The third kappa shape index (κ3) is 1.97. The Hall–Kier alpha value is -1.05. The van der Waals surface area contributed by atoms with Crippen molar-refractivity contribution in [2.24, 2.45) is 0 Å². The topological polar surface area (TPSA) is 26.0 Å². The quantitative estimate of drug-likeness (QED) is 0.687. The van der Waals surface area contributed by atoms with Crippen molar-refractivity contribution in [2.75, 3.05) is 0 Å². The number of aromatic nitrogens is 1. The Morgan fingerprint density at radius 1 is 1.42 bits per heavy atom. The minimum atomic E-state index is 0.903. The number of unbranched alkanes of at least 4 members (excludes halogenated alkanes) is 1. The number of hydrogen-bond donors (Lipinski definition) is 0. The van der Waals surface area contributed by atoms with E-state index in [9.17, 15) is 0 Å². The van der Waals surface area contributed by atoms with E-state index < -0.39 is 0 Å². The molecule has 0 saturated carbocycles. The Kier molecular flexibility index (Phi) is 3.09. The molecule has 0 spiro atoms. The van der Waals surface area contributed by atoms with Gasteiger partial charge in [-0.3, -0.25) is 0 Å². The van der Waals surface area contributed by atoms with E-state index in [1.54, 1.807) is 0 Å². The fraction of sp³-hybridized carbons (Fsp3) is 0.500. The summed E-state index contributed by atoms with van der Waals surface area (Å²) in [6.07, 6.45) is 6.54. The van der Waals surface area contributed by atoms with Gasteiger partial charge in [0.2, 0.25) is 0 Å². The van der Waals surface area contributed by atoms with Crippen LogP contribution >= 0.6 is 0 Å². The summed E-state index contributed by atoms with van der Waals surface area (Å²) in [5.74, 6) is 0.903. The summed E-state index contributed by atoms with van der Waals surface area (Å²) in [5, 5.41) is 3.87. The van der Waals surface area contributed by atoms with Crippen molar-refractivity contribution in [3.63, 3.8) is 0 Å². The molecule has 66 valence electrons. The van der Waals surface area contributed by atoms with Gasteiger partial charge in [-0.25, -0.2) is 0 Å². The molecule has 0 radical (unpaired) electrons. The molecule has 1 rings (SSSR count). The summed E-state index contributed by atoms with van der Waals surface area (Å²) < 4.78 is 5.02. The van der Waals surface area contributed by atoms with Gasteiger partial charge in [0.25, 0.3) is 0 Å². The van der Waals surface area contributed by atoms with Crippen molar-refractivity contribution in [1.29, 1.82) is 0 Å². The zero-order chi connectivity index (χ0) is 8.97. The molecule has 0 atom stereocenters. The van der Waals surface area contributed by atoms with E-state index in [4.69, 9.17) is 4.52 Å². The molecule has 1 aromatic rings. The fourth-order valence-corrected chi connectivity index (χ4v) is 1.10. The van der Waals surface area contributed by atoms with Crippen LogP contribution in [-0.2, 0) is 0 Å². The minimum Gasteiger partial charge on any atom is -0.361 e. The third-order valence-corrected chi connectivity index (χ3v) is 1.83. The summed E-state index contributed by atoms with van der Waals surface area (Å²) in [7, 11) is 0. The summed E-state index contributed by atoms with van der Waals surface area (Å²) in [6.45, 7) is 6.06. The highest BCUT2D eigenvalue weighted by Crippen LogP contribution is 2.14. The Morgan fingerprint density at radius 2 is 2.17 bits per heavy atom. The largest absolute Gasteiger partial charge is 0.361 e. The molecule has 0 unspecified atom stereocenters. The van der Waals surface area contributed by atoms with Gasteiger partial charge in [-0.15, -0.1) is 0 Å². The van der Waals surface area contributed by atoms with E-state index in [1.165, 1.54) is 6.42 Å². The van der Waals surface area contributed by atoms with Gasteiger partial charge in [0.1, 0.15) is 5.76 Å². The van der Waals surface area contributed by atoms with Crippen LogP contribution in [-0.4, -0.2) is 5.16 Å². The molecule has 0 bridgehead atoms. The second-order valence-corrected chi connectivity index (χ2v) is 2.93. The molecule has 1 aromatic heterocycles. The highest BCUT2D eigenvalue weighted by molar-refractivity contribution is 5.52. The normalized spacial score (nSPS) is 11.2. The van der Waals surface area contributed by atoms with Gasteiger partial charge in [0, 0.05) is 5.56 Å². The average Bonchev–Trinajstić information content (AvgIpc) is 2.35. The van der Waals surface area contributed by atoms with Gasteiger partial charge in [0.05, 0.1) is 5.69 Å². The summed E-state index contributed by atoms with van der Waals surface area (Å²) in [4.78, 5) is 0. The van der Waals surface area contributed by atoms with Gasteiger partial charge < -0.3 is 4.52 Å². The molecular weight excluding hydrogens is 150 g/mol. The molecule has 0 amide bonds. The Morgan fingerprint density at radius 3 is 2.67 bits per heavy atom. The molecule has 12 heavy (non-hydrogen) atoms. The second kappa shape index (κ2) is 4.10. The Bertz CT molecular complexity index is 254. The van der Waals surface area contributed by atoms with Crippen LogP contribution in [0, 0.1) is 13.8 Å². The molecule has 0 aliphatic rings. The molecule has 0 fully saturated rings. The predicted molar refractivity (Wildman–Crippen MR) is 49.9 cm³/mol. The number of rotatable bonds is 3. The summed E-state index contributed by atoms with van der Waals surface area (Å²) in [5.41, 5.74) is 2.10. The molecule has 2 nitrogen and oxygen atoms in total. The maximum atomic E-state index is 5.02. The van der Waals surface area contributed by atoms with Crippen molar-refractivity contribution in [1.82, 2.24) is 5.16 Å². The lowest BCUT2D eigenvalue weighted by atomic mass is 10.2. The van der Waals surface area contributed by atoms with E-state index in [1.807, 2.05) is 13.8 Å². The van der Waals surface area contributed by atoms with Crippen molar-refractivity contribution >= 4 is 6.08 Å². The number of hydrogen-bond acceptors (Lipinski definition) is 2. The molecule has 0 aromatic carbocycles. The van der Waals surface area contributed by atoms with Crippen LogP contribution in [0.2, 0.25) is 0 Å². The van der Waals surface area contributed by atoms with E-state index in [0.29, 0.717) is 0 Å². The maximum absolute atomic E-state index is 5.02. The first-order valence-corrected chi connectivity index (χ1v) is 4.35. The van der Waals surface area contributed by atoms with Crippen molar-refractivity contribution < 1.29 is 4.52 Å². The zero-order valence-corrected chi connectivity index (χ0v) is 7.92. The van der Waals surface area contributed by atoms with Crippen LogP contribution in [0.25, 0.3) is 6.08 Å². The Balaban J connectivity index is 2.73. The highest BCUT2D eigenvalue weighted by Gasteiger charge is 2.03. The van der Waals surface area contributed by atoms with Gasteiger partial charge >= 0.3 is 0 Å². The number of aryl methyl sites for hydroxylation is 2. The monoisotopic (exact) mass is 165 g/mol. The van der Waals surface area contributed by atoms with Crippen LogP contribution in [0.15, 0.2) is 10.6 Å². The SMILES string of the molecule is CCC/C=C/c1c(C)noc1C. The molecular formula is C10H15NO. The highest BCUT2D eigenvalue weighted by atomic mass is 16.5. The van der Waals surface area contributed by atoms with Crippen LogP contribution < -0.4 is 0 Å². The minimum absolute atomic E-state index is 0.903. The number of nitrogens with zero attached hydrogens (tertiary/aromatic N) is 1. The van der Waals surface area contributed by atoms with Crippen molar-refractivity contribution in [2.45, 2.75) is 33.6 Å². The molecule has 2 heteroatoms. The lowest BCUT2D eigenvalue weighted by Gasteiger charge is -1.88. The van der Waals surface area contributed by atoms with E-state index >= 15 is 0 Å². The standard InChI is InChI=1S/C10H15NO/c1-4-5-6-7-10-8(2)11-12-9(10)3/h6-7H,4-5H2,1-3H3/b7-6+. The molecule has 0 saturated heterocycles. The van der Waals surface area contributed by atoms with Crippen molar-refractivity contribution in [3.05, 3.63) is 23.1 Å². The maximum Gasteiger partial charge on any atom is 0.141 e. The average molecular weight is 165 g/mol. The van der Waals surface area contributed by atoms with Crippen LogP contribution in [0.1, 0.15) is 36.8 Å². The lowest BCUT2D eigenvalue weighted by molar-refractivity contribution is 0.393. The first-order valence-electron chi connectivity index (χ1n) is 4.35. The zero-order valence-electron chi connectivity index (χ0n) is 7.92. The number of allylic oxidation sites excluding steroid dienone is 1. The third-order valence-electron chi connectivity index (χ3n) is 1.83. The van der Waals surface area contributed by atoms with Gasteiger partial charge in [-0.05, 0) is 20.3 Å². The van der Waals surface area contributed by atoms with E-state index in [-0.39, 0.29) is 0 Å².